The molecule has 2 N–H and O–H groups in total. The zero-order valence-corrected chi connectivity index (χ0v) is 24.6. The van der Waals surface area contributed by atoms with E-state index in [1.165, 1.54) is 17.8 Å². The molecule has 2 aromatic heterocycles. The molecule has 1 atom stereocenters. The van der Waals surface area contributed by atoms with Crippen molar-refractivity contribution >= 4 is 56.3 Å². The van der Waals surface area contributed by atoms with Crippen molar-refractivity contribution < 1.29 is 9.59 Å². The molecule has 36 heavy (non-hydrogen) atoms. The zero-order valence-electron chi connectivity index (χ0n) is 20.5. The fourth-order valence-corrected chi connectivity index (χ4v) is 8.73. The molecule has 5 rings (SSSR count). The predicted octanol–water partition coefficient (Wildman–Crippen LogP) is 4.70. The van der Waals surface area contributed by atoms with Gasteiger partial charge in [-0.05, 0) is 0 Å². The molecule has 0 spiro atoms. The van der Waals surface area contributed by atoms with E-state index in [9.17, 15) is 9.59 Å². The van der Waals surface area contributed by atoms with E-state index in [1.807, 2.05) is 37.4 Å². The van der Waals surface area contributed by atoms with E-state index in [0.717, 1.165) is 47.2 Å². The molecule has 3 heterocycles. The maximum atomic E-state index is 13.8. The van der Waals surface area contributed by atoms with E-state index in [4.69, 9.17) is 0 Å². The number of carbonyl (C=O) groups excluding carboxylic acids is 2. The standard InChI is InChI=1S/C28H30N4O2S.In/c1-4-20(2)17-27(3,32-25(33)21-11-12-22-23(16-21)35-19-31-22)26(34)30-18-28(13-7-5-8-14-28)24-10-6-9-15-29-24;/h1-2,4,6,9-12,15-16,19H,5,7-8,13-14,17-18H2,3H3,(H,30,34)(H,32,33);/t27-;/m0./s1. The summed E-state index contributed by atoms with van der Waals surface area (Å²) in [7, 11) is 0. The Morgan fingerprint density at radius 2 is 2.00 bits per heavy atom. The van der Waals surface area contributed by atoms with Gasteiger partial charge in [-0.3, -0.25) is 0 Å². The Kier molecular flexibility index (Phi) is 7.62. The molecule has 1 radical (unpaired) electrons. The molecule has 8 heteroatoms. The van der Waals surface area contributed by atoms with Crippen LogP contribution in [0.1, 0.15) is 61.5 Å². The maximum absolute atomic E-state index is 13.8. The van der Waals surface area contributed by atoms with Gasteiger partial charge in [-0.2, -0.15) is 0 Å². The van der Waals surface area contributed by atoms with Crippen LogP contribution in [0.5, 0.6) is 0 Å². The van der Waals surface area contributed by atoms with E-state index >= 15 is 0 Å². The fraction of sp³-hybridized carbons (Fsp3) is 0.357. The van der Waals surface area contributed by atoms with Crippen LogP contribution in [0.3, 0.4) is 0 Å². The number of allylic oxidation sites excluding steroid dienone is 1. The fourth-order valence-electron chi connectivity index (χ4n) is 5.31. The summed E-state index contributed by atoms with van der Waals surface area (Å²) >= 11 is 0.688. The van der Waals surface area contributed by atoms with Crippen LogP contribution in [0, 0.1) is 0 Å². The van der Waals surface area contributed by atoms with Gasteiger partial charge in [0.05, 0.1) is 0 Å². The monoisotopic (exact) mass is 601 g/mol. The number of nitrogens with zero attached hydrogens (tertiary/aromatic N) is 2. The third-order valence-corrected chi connectivity index (χ3v) is 11.1. The zero-order chi connectivity index (χ0) is 25.0. The Hall–Kier alpha value is -2.45. The summed E-state index contributed by atoms with van der Waals surface area (Å²) in [5.41, 5.74) is 4.14. The number of thiazole rings is 1. The van der Waals surface area contributed by atoms with Crippen molar-refractivity contribution in [1.29, 1.82) is 0 Å². The number of nitrogens with one attached hydrogen (secondary N) is 2. The first kappa shape index (κ1) is 25.2. The van der Waals surface area contributed by atoms with Gasteiger partial charge in [0.15, 0.2) is 0 Å². The summed E-state index contributed by atoms with van der Waals surface area (Å²) in [5, 5.41) is 6.35. The van der Waals surface area contributed by atoms with E-state index in [1.54, 1.807) is 11.6 Å². The molecule has 183 valence electrons. The van der Waals surface area contributed by atoms with Crippen molar-refractivity contribution in [2.75, 3.05) is 6.54 Å². The molecule has 6 nitrogen and oxygen atoms in total. The number of carbonyl (C=O) groups is 2. The predicted molar refractivity (Wildman–Crippen MR) is 145 cm³/mol. The minimum absolute atomic E-state index is 0.149. The number of hydrogen-bond acceptors (Lipinski definition) is 5. The number of rotatable bonds is 8. The average Bonchev–Trinajstić information content (AvgIpc) is 3.60. The molecule has 2 amide bonds. The summed E-state index contributed by atoms with van der Waals surface area (Å²) in [5.74, 6) is -0.394. The topological polar surface area (TPSA) is 84.0 Å². The van der Waals surface area contributed by atoms with Gasteiger partial charge in [-0.25, -0.2) is 0 Å². The van der Waals surface area contributed by atoms with E-state index in [0.29, 0.717) is 18.5 Å². The van der Waals surface area contributed by atoms with Crippen LogP contribution >= 0.6 is 11.3 Å². The summed E-state index contributed by atoms with van der Waals surface area (Å²) in [4.78, 5) is 36.1. The van der Waals surface area contributed by atoms with Crippen molar-refractivity contribution in [2.45, 2.75) is 56.4 Å². The van der Waals surface area contributed by atoms with Crippen molar-refractivity contribution in [3.8, 4) is 0 Å². The van der Waals surface area contributed by atoms with E-state index in [-0.39, 0.29) is 17.2 Å². The first-order valence-electron chi connectivity index (χ1n) is 12.5. The molecule has 3 aromatic rings. The second-order valence-electron chi connectivity index (χ2n) is 10.0. The second-order valence-corrected chi connectivity index (χ2v) is 14.1. The van der Waals surface area contributed by atoms with Crippen molar-refractivity contribution in [2.24, 2.45) is 0 Å². The number of fused-ring (bicyclic) bond motifs is 1. The first-order chi connectivity index (χ1) is 17.5. The second kappa shape index (κ2) is 10.9. The molecule has 1 saturated carbocycles. The molecular weight excluding hydrogens is 571 g/mol. The molecule has 2 aliphatic rings. The van der Waals surface area contributed by atoms with Crippen LogP contribution in [0.25, 0.3) is 10.2 Å². The molecule has 1 aliphatic heterocycles. The number of amides is 2. The normalized spacial score (nSPS) is 18.2. The number of hydrogen-bond donors (Lipinski definition) is 2. The van der Waals surface area contributed by atoms with Gasteiger partial charge in [0.1, 0.15) is 0 Å². The van der Waals surface area contributed by atoms with Crippen molar-refractivity contribution in [3.05, 3.63) is 78.7 Å². The number of aromatic nitrogens is 2. The van der Waals surface area contributed by atoms with Gasteiger partial charge in [0.25, 0.3) is 0 Å². The third kappa shape index (κ3) is 5.44. The Morgan fingerprint density at radius 3 is 2.75 bits per heavy atom. The minimum atomic E-state index is -1.07. The Bertz CT molecular complexity index is 1310. The van der Waals surface area contributed by atoms with E-state index in [2.05, 4.69) is 40.4 Å². The van der Waals surface area contributed by atoms with Crippen LogP contribution in [0.4, 0.5) is 0 Å². The van der Waals surface area contributed by atoms with Crippen LogP contribution in [0.2, 0.25) is 0 Å². The van der Waals surface area contributed by atoms with Gasteiger partial charge >= 0.3 is 228 Å². The quantitative estimate of drug-likeness (QED) is 0.392. The molecule has 0 saturated heterocycles. The van der Waals surface area contributed by atoms with Gasteiger partial charge in [-0.1, -0.05) is 0 Å². The van der Waals surface area contributed by atoms with Gasteiger partial charge < -0.3 is 0 Å². The van der Waals surface area contributed by atoms with Crippen LogP contribution in [-0.2, 0) is 10.2 Å². The molecule has 0 bridgehead atoms. The Labute approximate surface area is 227 Å². The van der Waals surface area contributed by atoms with Gasteiger partial charge in [-0.15, -0.1) is 0 Å². The van der Waals surface area contributed by atoms with Gasteiger partial charge in [0, 0.05) is 0 Å². The molecule has 0 unspecified atom stereocenters. The van der Waals surface area contributed by atoms with Crippen LogP contribution < -0.4 is 10.6 Å². The van der Waals surface area contributed by atoms with Crippen molar-refractivity contribution in [3.63, 3.8) is 0 Å². The van der Waals surface area contributed by atoms with Crippen LogP contribution in [-0.4, -0.2) is 56.8 Å². The molecule has 1 aromatic carbocycles. The summed E-state index contributed by atoms with van der Waals surface area (Å²) in [6, 6.07) is 11.5. The Balaban J connectivity index is 1.37. The molecule has 1 fully saturated rings. The van der Waals surface area contributed by atoms with Gasteiger partial charge in [0.2, 0.25) is 0 Å². The van der Waals surface area contributed by atoms with Crippen LogP contribution in [0.15, 0.2) is 67.4 Å². The summed E-state index contributed by atoms with van der Waals surface area (Å²) in [6.45, 7) is 2.37. The number of pyridine rings is 1. The van der Waals surface area contributed by atoms with Crippen molar-refractivity contribution in [1.82, 2.24) is 20.6 Å². The summed E-state index contributed by atoms with van der Waals surface area (Å²) < 4.78 is 5.52. The molecule has 1 aliphatic carbocycles. The van der Waals surface area contributed by atoms with E-state index < -0.39 is 28.4 Å². The summed E-state index contributed by atoms with van der Waals surface area (Å²) in [6.07, 6.45) is 9.92. The number of benzene rings is 1. The SMILES string of the molecule is C[C@@](CC1=[CH][In][CH]=C1)(NC(=O)c1ccc2ncsc2c1)C(=O)NCC1(c2ccccn2)CCCCC1. The third-order valence-electron chi connectivity index (χ3n) is 7.38. The molecular formula is C28H30InN4O2S. The Morgan fingerprint density at radius 1 is 1.14 bits per heavy atom. The first-order valence-corrected chi connectivity index (χ1v) is 17.2. The average molecular weight is 601 g/mol.